The van der Waals surface area contributed by atoms with Gasteiger partial charge in [-0.15, -0.1) is 0 Å². The molecule has 3 heterocycles. The molecule has 1 saturated heterocycles. The highest BCUT2D eigenvalue weighted by molar-refractivity contribution is 5.94. The Hall–Kier alpha value is -3.09. The van der Waals surface area contributed by atoms with Gasteiger partial charge in [0.15, 0.2) is 0 Å². The van der Waals surface area contributed by atoms with E-state index in [0.29, 0.717) is 23.3 Å². The average molecular weight is 377 g/mol. The fraction of sp³-hybridized carbons (Fsp3) is 0.381. The third-order valence-corrected chi connectivity index (χ3v) is 5.38. The van der Waals surface area contributed by atoms with E-state index in [4.69, 9.17) is 4.52 Å². The summed E-state index contributed by atoms with van der Waals surface area (Å²) >= 11 is 0. The number of hydrogen-bond donors (Lipinski definition) is 0. The van der Waals surface area contributed by atoms with Gasteiger partial charge in [-0.25, -0.2) is 4.98 Å². The molecule has 0 aliphatic carbocycles. The molecule has 0 saturated carbocycles. The van der Waals surface area contributed by atoms with E-state index in [1.807, 2.05) is 30.0 Å². The van der Waals surface area contributed by atoms with Crippen LogP contribution in [-0.4, -0.2) is 44.0 Å². The second-order valence-corrected chi connectivity index (χ2v) is 7.34. The maximum absolute atomic E-state index is 12.8. The zero-order valence-corrected chi connectivity index (χ0v) is 16.1. The van der Waals surface area contributed by atoms with E-state index in [1.165, 1.54) is 5.56 Å². The van der Waals surface area contributed by atoms with Crippen LogP contribution >= 0.6 is 0 Å². The normalized spacial score (nSPS) is 15.0. The molecule has 2 aromatic heterocycles. The molecule has 1 aliphatic rings. The number of likely N-dealkylation sites (tertiary alicyclic amines) is 1. The van der Waals surface area contributed by atoms with Gasteiger partial charge >= 0.3 is 0 Å². The molecule has 3 aromatic rings. The standard InChI is InChI=1S/C21H23N5O2/c1-14-3-4-17(11-15(14)2)21(27)26-9-5-16(6-10-26)12-19-24-20(25-28-19)18-13-22-7-8-23-18/h3-4,7-8,11,13,16H,5-6,9-10,12H2,1-2H3. The summed E-state index contributed by atoms with van der Waals surface area (Å²) in [5.41, 5.74) is 3.73. The van der Waals surface area contributed by atoms with Crippen LogP contribution in [0.3, 0.4) is 0 Å². The third-order valence-electron chi connectivity index (χ3n) is 5.38. The van der Waals surface area contributed by atoms with Crippen LogP contribution in [0.5, 0.6) is 0 Å². The van der Waals surface area contributed by atoms with Crippen molar-refractivity contribution in [1.29, 1.82) is 0 Å². The van der Waals surface area contributed by atoms with E-state index in [9.17, 15) is 4.79 Å². The summed E-state index contributed by atoms with van der Waals surface area (Å²) in [5, 5.41) is 4.00. The van der Waals surface area contributed by atoms with Crippen LogP contribution in [0.2, 0.25) is 0 Å². The summed E-state index contributed by atoms with van der Waals surface area (Å²) in [5.74, 6) is 1.62. The highest BCUT2D eigenvalue weighted by atomic mass is 16.5. The Morgan fingerprint density at radius 3 is 2.71 bits per heavy atom. The van der Waals surface area contributed by atoms with Crippen LogP contribution in [0.4, 0.5) is 0 Å². The van der Waals surface area contributed by atoms with Gasteiger partial charge in [0.1, 0.15) is 5.69 Å². The molecule has 0 N–H and O–H groups in total. The van der Waals surface area contributed by atoms with E-state index in [2.05, 4.69) is 27.0 Å². The Balaban J connectivity index is 1.34. The van der Waals surface area contributed by atoms with Gasteiger partial charge < -0.3 is 9.42 Å². The third kappa shape index (κ3) is 3.93. The molecule has 7 nitrogen and oxygen atoms in total. The maximum Gasteiger partial charge on any atom is 0.253 e. The van der Waals surface area contributed by atoms with Crippen molar-refractivity contribution in [2.45, 2.75) is 33.1 Å². The van der Waals surface area contributed by atoms with E-state index in [-0.39, 0.29) is 5.91 Å². The number of carbonyl (C=O) groups is 1. The topological polar surface area (TPSA) is 85.0 Å². The summed E-state index contributed by atoms with van der Waals surface area (Å²) in [6, 6.07) is 5.92. The fourth-order valence-corrected chi connectivity index (χ4v) is 3.50. The second kappa shape index (κ2) is 7.88. The number of benzene rings is 1. The first-order valence-electron chi connectivity index (χ1n) is 9.55. The molecule has 0 bridgehead atoms. The van der Waals surface area contributed by atoms with Gasteiger partial charge in [-0.1, -0.05) is 11.2 Å². The van der Waals surface area contributed by atoms with Crippen LogP contribution in [0.25, 0.3) is 11.5 Å². The lowest BCUT2D eigenvalue weighted by Gasteiger charge is -2.31. The van der Waals surface area contributed by atoms with Gasteiger partial charge in [-0.3, -0.25) is 9.78 Å². The lowest BCUT2D eigenvalue weighted by molar-refractivity contribution is 0.0687. The van der Waals surface area contributed by atoms with Gasteiger partial charge in [0.05, 0.1) is 6.20 Å². The molecular weight excluding hydrogens is 354 g/mol. The minimum Gasteiger partial charge on any atom is -0.339 e. The molecule has 0 atom stereocenters. The SMILES string of the molecule is Cc1ccc(C(=O)N2CCC(Cc3nc(-c4cnccn4)no3)CC2)cc1C. The summed E-state index contributed by atoms with van der Waals surface area (Å²) in [6.07, 6.45) is 7.41. The second-order valence-electron chi connectivity index (χ2n) is 7.34. The Morgan fingerprint density at radius 2 is 2.00 bits per heavy atom. The van der Waals surface area contributed by atoms with E-state index < -0.39 is 0 Å². The molecule has 0 unspecified atom stereocenters. The van der Waals surface area contributed by atoms with Crippen molar-refractivity contribution in [2.75, 3.05) is 13.1 Å². The molecule has 1 aliphatic heterocycles. The van der Waals surface area contributed by atoms with Crippen molar-refractivity contribution < 1.29 is 9.32 Å². The Labute approximate surface area is 163 Å². The van der Waals surface area contributed by atoms with E-state index in [1.54, 1.807) is 18.6 Å². The van der Waals surface area contributed by atoms with Gasteiger partial charge in [0, 0.05) is 37.5 Å². The monoisotopic (exact) mass is 377 g/mol. The van der Waals surface area contributed by atoms with Crippen LogP contribution in [-0.2, 0) is 6.42 Å². The van der Waals surface area contributed by atoms with Crippen molar-refractivity contribution >= 4 is 5.91 Å². The number of aromatic nitrogens is 4. The first-order chi connectivity index (χ1) is 13.6. The van der Waals surface area contributed by atoms with Crippen molar-refractivity contribution in [1.82, 2.24) is 25.0 Å². The maximum atomic E-state index is 12.8. The van der Waals surface area contributed by atoms with Crippen molar-refractivity contribution in [3.63, 3.8) is 0 Å². The Morgan fingerprint density at radius 1 is 1.18 bits per heavy atom. The number of nitrogens with zero attached hydrogens (tertiary/aromatic N) is 5. The van der Waals surface area contributed by atoms with Gasteiger partial charge in [-0.05, 0) is 55.9 Å². The minimum absolute atomic E-state index is 0.115. The van der Waals surface area contributed by atoms with Crippen LogP contribution in [0.15, 0.2) is 41.3 Å². The van der Waals surface area contributed by atoms with Gasteiger partial charge in [0.2, 0.25) is 11.7 Å². The fourth-order valence-electron chi connectivity index (χ4n) is 3.50. The van der Waals surface area contributed by atoms with Gasteiger partial charge in [0.25, 0.3) is 5.91 Å². The molecule has 28 heavy (non-hydrogen) atoms. The predicted octanol–water partition coefficient (Wildman–Crippen LogP) is 3.24. The number of rotatable bonds is 4. The summed E-state index contributed by atoms with van der Waals surface area (Å²) in [6.45, 7) is 5.60. The van der Waals surface area contributed by atoms with Crippen molar-refractivity contribution in [3.05, 3.63) is 59.4 Å². The number of piperidine rings is 1. The Kier molecular flexibility index (Phi) is 5.14. The Bertz CT molecular complexity index is 962. The largest absolute Gasteiger partial charge is 0.339 e. The predicted molar refractivity (Wildman–Crippen MR) is 104 cm³/mol. The smallest absolute Gasteiger partial charge is 0.253 e. The summed E-state index contributed by atoms with van der Waals surface area (Å²) in [7, 11) is 0. The molecule has 1 fully saturated rings. The minimum atomic E-state index is 0.115. The van der Waals surface area contributed by atoms with Crippen LogP contribution in [0.1, 0.15) is 40.2 Å². The van der Waals surface area contributed by atoms with Crippen molar-refractivity contribution in [3.8, 4) is 11.5 Å². The molecule has 7 heteroatoms. The lowest BCUT2D eigenvalue weighted by Crippen LogP contribution is -2.39. The zero-order chi connectivity index (χ0) is 19.5. The van der Waals surface area contributed by atoms with E-state index in [0.717, 1.165) is 43.5 Å². The number of carbonyl (C=O) groups excluding carboxylic acids is 1. The molecule has 4 rings (SSSR count). The molecule has 0 radical (unpaired) electrons. The first-order valence-corrected chi connectivity index (χ1v) is 9.55. The van der Waals surface area contributed by atoms with E-state index >= 15 is 0 Å². The number of amides is 1. The lowest BCUT2D eigenvalue weighted by atomic mass is 9.93. The molecular formula is C21H23N5O2. The summed E-state index contributed by atoms with van der Waals surface area (Å²) in [4.78, 5) is 27.3. The molecule has 1 amide bonds. The molecule has 0 spiro atoms. The molecule has 1 aromatic carbocycles. The molecule has 144 valence electrons. The van der Waals surface area contributed by atoms with Crippen LogP contribution < -0.4 is 0 Å². The highest BCUT2D eigenvalue weighted by Gasteiger charge is 2.25. The van der Waals surface area contributed by atoms with Crippen molar-refractivity contribution in [2.24, 2.45) is 5.92 Å². The quantitative estimate of drug-likeness (QED) is 0.694. The van der Waals surface area contributed by atoms with Gasteiger partial charge in [-0.2, -0.15) is 4.98 Å². The number of hydrogen-bond acceptors (Lipinski definition) is 6. The average Bonchev–Trinajstić information content (AvgIpc) is 3.19. The highest BCUT2D eigenvalue weighted by Crippen LogP contribution is 2.23. The first kappa shape index (κ1) is 18.3. The number of aryl methyl sites for hydroxylation is 2. The zero-order valence-electron chi connectivity index (χ0n) is 16.1. The van der Waals surface area contributed by atoms with Crippen LogP contribution in [0, 0.1) is 19.8 Å². The summed E-state index contributed by atoms with van der Waals surface area (Å²) < 4.78 is 5.38.